The van der Waals surface area contributed by atoms with Gasteiger partial charge in [0.1, 0.15) is 12.4 Å². The third-order valence-corrected chi connectivity index (χ3v) is 5.24. The Morgan fingerprint density at radius 1 is 0.900 bits per heavy atom. The van der Waals surface area contributed by atoms with Crippen molar-refractivity contribution in [2.45, 2.75) is 6.61 Å². The van der Waals surface area contributed by atoms with Crippen molar-refractivity contribution in [3.8, 4) is 5.75 Å². The minimum atomic E-state index is -0.0781. The molecule has 5 rings (SSSR count). The van der Waals surface area contributed by atoms with Gasteiger partial charge in [-0.25, -0.2) is 4.98 Å². The van der Waals surface area contributed by atoms with Gasteiger partial charge in [-0.15, -0.1) is 0 Å². The average molecular weight is 413 g/mol. The number of aromatic nitrogens is 2. The Hall–Kier alpha value is -3.63. The van der Waals surface area contributed by atoms with E-state index in [1.807, 2.05) is 60.7 Å². The summed E-state index contributed by atoms with van der Waals surface area (Å²) >= 11 is 5.91. The van der Waals surface area contributed by atoms with E-state index in [1.165, 1.54) is 0 Å². The van der Waals surface area contributed by atoms with Crippen LogP contribution in [0.3, 0.4) is 0 Å². The van der Waals surface area contributed by atoms with E-state index in [2.05, 4.69) is 9.97 Å². The molecule has 0 spiro atoms. The monoisotopic (exact) mass is 412 g/mol. The number of benzene rings is 3. The molecule has 4 nitrogen and oxygen atoms in total. The van der Waals surface area contributed by atoms with Crippen molar-refractivity contribution in [2.24, 2.45) is 0 Å². The molecule has 0 radical (unpaired) electrons. The summed E-state index contributed by atoms with van der Waals surface area (Å²) in [6, 6.07) is 26.5. The lowest BCUT2D eigenvalue weighted by Crippen LogP contribution is -2.00. The van der Waals surface area contributed by atoms with Crippen LogP contribution in [0.15, 0.2) is 84.9 Å². The normalized spacial score (nSPS) is 11.1. The number of H-pyrrole nitrogens is 1. The number of aromatic amines is 1. The highest BCUT2D eigenvalue weighted by atomic mass is 35.5. The number of hydrogen-bond acceptors (Lipinski definition) is 3. The summed E-state index contributed by atoms with van der Waals surface area (Å²) in [7, 11) is 0. The SMILES string of the molecule is O=C(c1ccc(Cl)cc1)c1cc2cc(OCc3ccc4ccccc4n3)ccc2[nH]1. The van der Waals surface area contributed by atoms with E-state index < -0.39 is 0 Å². The van der Waals surface area contributed by atoms with E-state index in [0.29, 0.717) is 22.9 Å². The lowest BCUT2D eigenvalue weighted by atomic mass is 10.1. The zero-order valence-electron chi connectivity index (χ0n) is 15.9. The number of ether oxygens (including phenoxy) is 1. The minimum Gasteiger partial charge on any atom is -0.487 e. The average Bonchev–Trinajstić information content (AvgIpc) is 3.21. The Morgan fingerprint density at radius 2 is 1.73 bits per heavy atom. The smallest absolute Gasteiger partial charge is 0.209 e. The second-order valence-corrected chi connectivity index (χ2v) is 7.49. The number of ketones is 1. The summed E-state index contributed by atoms with van der Waals surface area (Å²) in [5, 5.41) is 2.62. The highest BCUT2D eigenvalue weighted by Gasteiger charge is 2.12. The van der Waals surface area contributed by atoms with Crippen molar-refractivity contribution in [1.29, 1.82) is 0 Å². The van der Waals surface area contributed by atoms with Crippen molar-refractivity contribution in [3.63, 3.8) is 0 Å². The molecule has 0 aliphatic carbocycles. The number of carbonyl (C=O) groups excluding carboxylic acids is 1. The Morgan fingerprint density at radius 3 is 2.60 bits per heavy atom. The largest absolute Gasteiger partial charge is 0.487 e. The quantitative estimate of drug-likeness (QED) is 0.351. The van der Waals surface area contributed by atoms with E-state index in [9.17, 15) is 4.79 Å². The number of nitrogens with zero attached hydrogens (tertiary/aromatic N) is 1. The Kier molecular flexibility index (Phi) is 4.69. The molecule has 146 valence electrons. The summed E-state index contributed by atoms with van der Waals surface area (Å²) in [6.45, 7) is 0.372. The van der Waals surface area contributed by atoms with E-state index in [0.717, 1.165) is 33.2 Å². The van der Waals surface area contributed by atoms with Crippen molar-refractivity contribution >= 4 is 39.2 Å². The van der Waals surface area contributed by atoms with Crippen molar-refractivity contribution < 1.29 is 9.53 Å². The third kappa shape index (κ3) is 3.65. The number of pyridine rings is 1. The van der Waals surface area contributed by atoms with Gasteiger partial charge >= 0.3 is 0 Å². The molecule has 0 bridgehead atoms. The highest BCUT2D eigenvalue weighted by Crippen LogP contribution is 2.24. The van der Waals surface area contributed by atoms with Crippen LogP contribution in [0.4, 0.5) is 0 Å². The number of carbonyl (C=O) groups is 1. The number of nitrogens with one attached hydrogen (secondary N) is 1. The van der Waals surface area contributed by atoms with Crippen molar-refractivity contribution in [3.05, 3.63) is 107 Å². The summed E-state index contributed by atoms with van der Waals surface area (Å²) in [5.41, 5.74) is 3.81. The van der Waals surface area contributed by atoms with E-state index in [-0.39, 0.29) is 5.78 Å². The molecule has 0 aliphatic rings. The summed E-state index contributed by atoms with van der Waals surface area (Å²) < 4.78 is 5.94. The molecule has 0 saturated heterocycles. The van der Waals surface area contributed by atoms with Gasteiger partial charge in [-0.1, -0.05) is 35.9 Å². The molecule has 30 heavy (non-hydrogen) atoms. The molecule has 0 fully saturated rings. The lowest BCUT2D eigenvalue weighted by molar-refractivity contribution is 0.103. The van der Waals surface area contributed by atoms with Gasteiger partial charge < -0.3 is 9.72 Å². The molecule has 0 atom stereocenters. The van der Waals surface area contributed by atoms with E-state index in [4.69, 9.17) is 16.3 Å². The van der Waals surface area contributed by atoms with Gasteiger partial charge in [-0.05, 0) is 60.7 Å². The lowest BCUT2D eigenvalue weighted by Gasteiger charge is -2.07. The number of para-hydroxylation sites is 1. The Labute approximate surface area is 178 Å². The first-order chi connectivity index (χ1) is 14.7. The predicted molar refractivity (Wildman–Crippen MR) is 119 cm³/mol. The molecular formula is C25H17ClN2O2. The number of rotatable bonds is 5. The van der Waals surface area contributed by atoms with Crippen LogP contribution in [0.2, 0.25) is 5.02 Å². The van der Waals surface area contributed by atoms with Gasteiger partial charge in [0, 0.05) is 26.9 Å². The topological polar surface area (TPSA) is 55.0 Å². The van der Waals surface area contributed by atoms with Crippen molar-refractivity contribution in [1.82, 2.24) is 9.97 Å². The van der Waals surface area contributed by atoms with E-state index in [1.54, 1.807) is 24.3 Å². The number of fused-ring (bicyclic) bond motifs is 2. The molecule has 3 aromatic carbocycles. The summed E-state index contributed by atoms with van der Waals surface area (Å²) in [6.07, 6.45) is 0. The highest BCUT2D eigenvalue weighted by molar-refractivity contribution is 6.30. The maximum atomic E-state index is 12.7. The molecule has 0 aliphatic heterocycles. The van der Waals surface area contributed by atoms with Crippen LogP contribution in [0.25, 0.3) is 21.8 Å². The molecule has 2 heterocycles. The zero-order chi connectivity index (χ0) is 20.5. The summed E-state index contributed by atoms with van der Waals surface area (Å²) in [4.78, 5) is 20.5. The van der Waals surface area contributed by atoms with Crippen LogP contribution < -0.4 is 4.74 Å². The van der Waals surface area contributed by atoms with Crippen LogP contribution in [0.5, 0.6) is 5.75 Å². The first-order valence-corrected chi connectivity index (χ1v) is 9.94. The molecule has 0 amide bonds. The van der Waals surface area contributed by atoms with Crippen LogP contribution in [-0.2, 0) is 6.61 Å². The first kappa shape index (κ1) is 18.4. The van der Waals surface area contributed by atoms with Crippen LogP contribution in [0, 0.1) is 0 Å². The maximum absolute atomic E-state index is 12.7. The summed E-state index contributed by atoms with van der Waals surface area (Å²) in [5.74, 6) is 0.646. The van der Waals surface area contributed by atoms with Crippen LogP contribution in [0.1, 0.15) is 21.7 Å². The maximum Gasteiger partial charge on any atom is 0.209 e. The van der Waals surface area contributed by atoms with Gasteiger partial charge in [0.2, 0.25) is 5.78 Å². The molecular weight excluding hydrogens is 396 g/mol. The third-order valence-electron chi connectivity index (χ3n) is 4.99. The van der Waals surface area contributed by atoms with Gasteiger partial charge in [-0.2, -0.15) is 0 Å². The zero-order valence-corrected chi connectivity index (χ0v) is 16.7. The molecule has 0 unspecified atom stereocenters. The molecule has 5 aromatic rings. The van der Waals surface area contributed by atoms with Gasteiger partial charge in [0.25, 0.3) is 0 Å². The fourth-order valence-electron chi connectivity index (χ4n) is 3.43. The first-order valence-electron chi connectivity index (χ1n) is 9.56. The fraction of sp³-hybridized carbons (Fsp3) is 0.0400. The van der Waals surface area contributed by atoms with Gasteiger partial charge in [0.05, 0.1) is 16.9 Å². The van der Waals surface area contributed by atoms with Gasteiger partial charge in [-0.3, -0.25) is 4.79 Å². The molecule has 2 aromatic heterocycles. The van der Waals surface area contributed by atoms with Crippen molar-refractivity contribution in [2.75, 3.05) is 0 Å². The predicted octanol–water partition coefficient (Wildman–Crippen LogP) is 6.18. The number of halogens is 1. The Bertz CT molecular complexity index is 1370. The molecule has 1 N–H and O–H groups in total. The van der Waals surface area contributed by atoms with Crippen LogP contribution >= 0.6 is 11.6 Å². The Balaban J connectivity index is 1.35. The fourth-order valence-corrected chi connectivity index (χ4v) is 3.55. The minimum absolute atomic E-state index is 0.0781. The molecule has 5 heteroatoms. The second kappa shape index (κ2) is 7.65. The van der Waals surface area contributed by atoms with Gasteiger partial charge in [0.15, 0.2) is 0 Å². The number of hydrogen-bond donors (Lipinski definition) is 1. The standard InChI is InChI=1S/C25H17ClN2O2/c26-19-8-5-17(6-9-19)25(29)24-14-18-13-21(11-12-23(18)28-24)30-15-20-10-7-16-3-1-2-4-22(16)27-20/h1-14,28H,15H2. The second-order valence-electron chi connectivity index (χ2n) is 7.05. The molecule has 0 saturated carbocycles. The van der Waals surface area contributed by atoms with E-state index >= 15 is 0 Å². The van der Waals surface area contributed by atoms with Crippen LogP contribution in [-0.4, -0.2) is 15.8 Å².